The van der Waals surface area contributed by atoms with Gasteiger partial charge in [0.1, 0.15) is 0 Å². The molecule has 0 bridgehead atoms. The summed E-state index contributed by atoms with van der Waals surface area (Å²) in [5.74, 6) is -0.743. The van der Waals surface area contributed by atoms with Crippen molar-refractivity contribution in [1.82, 2.24) is 4.90 Å². The number of hydrogen-bond donors (Lipinski definition) is 1. The molecule has 1 saturated carbocycles. The van der Waals surface area contributed by atoms with Gasteiger partial charge in [0.2, 0.25) is 0 Å². The number of carbonyl (C=O) groups is 2. The van der Waals surface area contributed by atoms with Crippen molar-refractivity contribution in [2.24, 2.45) is 0 Å². The van der Waals surface area contributed by atoms with E-state index in [1.165, 1.54) is 0 Å². The molecular formula is C13H15BrN2O3. The quantitative estimate of drug-likeness (QED) is 0.676. The van der Waals surface area contributed by atoms with Crippen molar-refractivity contribution < 1.29 is 14.3 Å². The fourth-order valence-electron chi connectivity index (χ4n) is 1.68. The van der Waals surface area contributed by atoms with Crippen LogP contribution in [0.15, 0.2) is 22.7 Å². The van der Waals surface area contributed by atoms with Crippen molar-refractivity contribution in [2.75, 3.05) is 19.4 Å². The Bertz CT molecular complexity index is 515. The number of nitrogens with zero attached hydrogens (tertiary/aromatic N) is 1. The first kappa shape index (κ1) is 13.9. The molecule has 1 aromatic carbocycles. The summed E-state index contributed by atoms with van der Waals surface area (Å²) in [6.45, 7) is -0.243. The maximum atomic E-state index is 11.9. The van der Waals surface area contributed by atoms with Gasteiger partial charge < -0.3 is 15.4 Å². The Morgan fingerprint density at radius 3 is 2.79 bits per heavy atom. The van der Waals surface area contributed by atoms with E-state index in [0.717, 1.165) is 12.8 Å². The van der Waals surface area contributed by atoms with Gasteiger partial charge in [-0.2, -0.15) is 0 Å². The molecule has 0 aliphatic heterocycles. The third-order valence-electron chi connectivity index (χ3n) is 3.06. The molecule has 1 amide bonds. The molecule has 0 atom stereocenters. The van der Waals surface area contributed by atoms with Gasteiger partial charge in [-0.15, -0.1) is 0 Å². The first-order chi connectivity index (χ1) is 9.00. The van der Waals surface area contributed by atoms with Gasteiger partial charge in [0.05, 0.1) is 10.0 Å². The largest absolute Gasteiger partial charge is 0.452 e. The zero-order valence-corrected chi connectivity index (χ0v) is 12.1. The number of nitrogens with two attached hydrogens (primary N) is 1. The highest BCUT2D eigenvalue weighted by molar-refractivity contribution is 9.10. The number of rotatable bonds is 4. The lowest BCUT2D eigenvalue weighted by molar-refractivity contribution is -0.133. The number of likely N-dealkylation sites (N-methyl/N-ethyl adjacent to an activating group) is 1. The summed E-state index contributed by atoms with van der Waals surface area (Å²) in [5.41, 5.74) is 6.46. The molecule has 1 aromatic rings. The number of esters is 1. The number of halogens is 1. The summed E-state index contributed by atoms with van der Waals surface area (Å²) in [6.07, 6.45) is 2.05. The fourth-order valence-corrected chi connectivity index (χ4v) is 2.11. The van der Waals surface area contributed by atoms with Crippen LogP contribution in [0.5, 0.6) is 0 Å². The molecule has 2 N–H and O–H groups in total. The molecule has 6 heteroatoms. The Labute approximate surface area is 119 Å². The van der Waals surface area contributed by atoms with Crippen LogP contribution < -0.4 is 5.73 Å². The van der Waals surface area contributed by atoms with Crippen molar-refractivity contribution >= 4 is 33.5 Å². The van der Waals surface area contributed by atoms with Crippen LogP contribution in [0.2, 0.25) is 0 Å². The average Bonchev–Trinajstić information content (AvgIpc) is 3.22. The predicted octanol–water partition coefficient (Wildman–Crippen LogP) is 1.81. The van der Waals surface area contributed by atoms with Crippen LogP contribution in [0.25, 0.3) is 0 Å². The van der Waals surface area contributed by atoms with Crippen molar-refractivity contribution in [3.05, 3.63) is 28.2 Å². The van der Waals surface area contributed by atoms with Gasteiger partial charge in [-0.25, -0.2) is 4.79 Å². The summed E-state index contributed by atoms with van der Waals surface area (Å²) in [6, 6.07) is 5.24. The van der Waals surface area contributed by atoms with Crippen LogP contribution >= 0.6 is 15.9 Å². The fraction of sp³-hybridized carbons (Fsp3) is 0.385. The SMILES string of the molecule is CN(C(=O)COC(=O)c1cccc(N)c1Br)C1CC1. The van der Waals surface area contributed by atoms with Crippen LogP contribution in [0.3, 0.4) is 0 Å². The Balaban J connectivity index is 1.94. The van der Waals surface area contributed by atoms with E-state index in [1.54, 1.807) is 30.1 Å². The first-order valence-corrected chi connectivity index (χ1v) is 6.76. The lowest BCUT2D eigenvalue weighted by Gasteiger charge is -2.16. The number of ether oxygens (including phenoxy) is 1. The van der Waals surface area contributed by atoms with Crippen molar-refractivity contribution in [2.45, 2.75) is 18.9 Å². The van der Waals surface area contributed by atoms with Crippen LogP contribution in [0.4, 0.5) is 5.69 Å². The van der Waals surface area contributed by atoms with E-state index in [9.17, 15) is 9.59 Å². The minimum atomic E-state index is -0.559. The summed E-state index contributed by atoms with van der Waals surface area (Å²) in [5, 5.41) is 0. The molecule has 1 aliphatic carbocycles. The molecule has 0 heterocycles. The Kier molecular flexibility index (Phi) is 4.09. The lowest BCUT2D eigenvalue weighted by Crippen LogP contribution is -2.32. The van der Waals surface area contributed by atoms with Crippen LogP contribution in [-0.2, 0) is 9.53 Å². The molecule has 0 unspecified atom stereocenters. The number of benzene rings is 1. The highest BCUT2D eigenvalue weighted by Gasteiger charge is 2.30. The van der Waals surface area contributed by atoms with E-state index < -0.39 is 5.97 Å². The average molecular weight is 327 g/mol. The molecule has 2 rings (SSSR count). The van der Waals surface area contributed by atoms with E-state index in [2.05, 4.69) is 15.9 Å². The maximum absolute atomic E-state index is 11.9. The van der Waals surface area contributed by atoms with Gasteiger partial charge in [-0.3, -0.25) is 4.79 Å². The first-order valence-electron chi connectivity index (χ1n) is 5.97. The van der Waals surface area contributed by atoms with E-state index in [1.807, 2.05) is 0 Å². The summed E-state index contributed by atoms with van der Waals surface area (Å²) in [7, 11) is 1.73. The van der Waals surface area contributed by atoms with Gasteiger partial charge in [-0.1, -0.05) is 6.07 Å². The Morgan fingerprint density at radius 1 is 1.47 bits per heavy atom. The normalized spacial score (nSPS) is 14.0. The molecular weight excluding hydrogens is 312 g/mol. The standard InChI is InChI=1S/C13H15BrN2O3/c1-16(8-5-6-8)11(17)7-19-13(18)9-3-2-4-10(15)12(9)14/h2-4,8H,5-7,15H2,1H3. The molecule has 0 spiro atoms. The monoisotopic (exact) mass is 326 g/mol. The number of carbonyl (C=O) groups excluding carboxylic acids is 2. The zero-order valence-electron chi connectivity index (χ0n) is 10.6. The van der Waals surface area contributed by atoms with Crippen molar-refractivity contribution in [3.63, 3.8) is 0 Å². The van der Waals surface area contributed by atoms with Crippen LogP contribution in [0, 0.1) is 0 Å². The third-order valence-corrected chi connectivity index (χ3v) is 3.95. The van der Waals surface area contributed by atoms with E-state index in [-0.39, 0.29) is 12.5 Å². The maximum Gasteiger partial charge on any atom is 0.339 e. The highest BCUT2D eigenvalue weighted by Crippen LogP contribution is 2.26. The van der Waals surface area contributed by atoms with Gasteiger partial charge in [0.25, 0.3) is 5.91 Å². The predicted molar refractivity (Wildman–Crippen MR) is 74.6 cm³/mol. The number of nitrogen functional groups attached to an aromatic ring is 1. The number of hydrogen-bond acceptors (Lipinski definition) is 4. The van der Waals surface area contributed by atoms with E-state index in [0.29, 0.717) is 21.8 Å². The van der Waals surface area contributed by atoms with Gasteiger partial charge in [0.15, 0.2) is 6.61 Å². The Hall–Kier alpha value is -1.56. The minimum absolute atomic E-state index is 0.184. The molecule has 5 nitrogen and oxygen atoms in total. The van der Waals surface area contributed by atoms with Crippen molar-refractivity contribution in [1.29, 1.82) is 0 Å². The number of amides is 1. The number of anilines is 1. The Morgan fingerprint density at radius 2 is 2.16 bits per heavy atom. The molecule has 0 saturated heterocycles. The molecule has 0 radical (unpaired) electrons. The second-order valence-electron chi connectivity index (χ2n) is 4.52. The zero-order chi connectivity index (χ0) is 14.0. The summed E-state index contributed by atoms with van der Waals surface area (Å²) < 4.78 is 5.50. The van der Waals surface area contributed by atoms with E-state index >= 15 is 0 Å². The molecule has 19 heavy (non-hydrogen) atoms. The van der Waals surface area contributed by atoms with Crippen molar-refractivity contribution in [3.8, 4) is 0 Å². The van der Waals surface area contributed by atoms with Gasteiger partial charge in [-0.05, 0) is 40.9 Å². The van der Waals surface area contributed by atoms with Crippen LogP contribution in [0.1, 0.15) is 23.2 Å². The van der Waals surface area contributed by atoms with Gasteiger partial charge in [0, 0.05) is 18.8 Å². The topological polar surface area (TPSA) is 72.6 Å². The summed E-state index contributed by atoms with van der Waals surface area (Å²) in [4.78, 5) is 25.2. The minimum Gasteiger partial charge on any atom is -0.452 e. The molecule has 1 fully saturated rings. The third kappa shape index (κ3) is 3.26. The molecule has 102 valence electrons. The smallest absolute Gasteiger partial charge is 0.339 e. The molecule has 1 aliphatic rings. The van der Waals surface area contributed by atoms with Gasteiger partial charge >= 0.3 is 5.97 Å². The second kappa shape index (κ2) is 5.61. The van der Waals surface area contributed by atoms with E-state index in [4.69, 9.17) is 10.5 Å². The second-order valence-corrected chi connectivity index (χ2v) is 5.31. The van der Waals surface area contributed by atoms with Crippen LogP contribution in [-0.4, -0.2) is 36.5 Å². The molecule has 0 aromatic heterocycles. The summed E-state index contributed by atoms with van der Waals surface area (Å²) >= 11 is 3.23. The lowest BCUT2D eigenvalue weighted by atomic mass is 10.2. The highest BCUT2D eigenvalue weighted by atomic mass is 79.9.